The molecule has 2 heterocycles. The number of carbonyl (C=O) groups is 2. The zero-order chi connectivity index (χ0) is 15.3. The Morgan fingerprint density at radius 2 is 1.95 bits per heavy atom. The van der Waals surface area contributed by atoms with Gasteiger partial charge in [-0.2, -0.15) is 0 Å². The Kier molecular flexibility index (Phi) is 3.26. The van der Waals surface area contributed by atoms with Crippen LogP contribution in [0.1, 0.15) is 59.3 Å². The van der Waals surface area contributed by atoms with Crippen molar-refractivity contribution in [2.45, 2.75) is 70.6 Å². The lowest BCUT2D eigenvalue weighted by Gasteiger charge is -2.34. The second kappa shape index (κ2) is 4.75. The number of ketones is 1. The Morgan fingerprint density at radius 3 is 2.62 bits per heavy atom. The van der Waals surface area contributed by atoms with Crippen molar-refractivity contribution in [3.8, 4) is 0 Å². The summed E-state index contributed by atoms with van der Waals surface area (Å²) in [6, 6.07) is 0. The van der Waals surface area contributed by atoms with Crippen LogP contribution < -0.4 is 0 Å². The van der Waals surface area contributed by atoms with Crippen molar-refractivity contribution in [2.24, 2.45) is 0 Å². The molecule has 0 bridgehead atoms. The third kappa shape index (κ3) is 2.32. The molecule has 1 spiro atoms. The maximum absolute atomic E-state index is 12.8. The highest BCUT2D eigenvalue weighted by atomic mass is 16.6. The Balaban J connectivity index is 1.85. The van der Waals surface area contributed by atoms with Gasteiger partial charge >= 0.3 is 6.09 Å². The van der Waals surface area contributed by atoms with Crippen LogP contribution in [-0.2, 0) is 14.3 Å². The third-order valence-corrected chi connectivity index (χ3v) is 4.29. The van der Waals surface area contributed by atoms with E-state index in [-0.39, 0.29) is 5.78 Å². The van der Waals surface area contributed by atoms with Crippen LogP contribution >= 0.6 is 0 Å². The smallest absolute Gasteiger partial charge is 0.413 e. The molecule has 0 aromatic heterocycles. The summed E-state index contributed by atoms with van der Waals surface area (Å²) >= 11 is 0. The Bertz CT molecular complexity index is 517. The predicted octanol–water partition coefficient (Wildman–Crippen LogP) is 3.14. The van der Waals surface area contributed by atoms with Crippen molar-refractivity contribution >= 4 is 11.9 Å². The molecule has 0 unspecified atom stereocenters. The van der Waals surface area contributed by atoms with Crippen LogP contribution in [0.2, 0.25) is 0 Å². The standard InChI is InChI=1S/C16H23NO4/c1-15(2,3)21-14(19)17-10-6-9-16(17)13(18)11-7-4-5-8-12(11)20-16/h4-10H2,1-3H3/t16-/m1/s1. The first-order chi connectivity index (χ1) is 9.83. The number of hydrogen-bond acceptors (Lipinski definition) is 4. The Labute approximate surface area is 125 Å². The van der Waals surface area contributed by atoms with Gasteiger partial charge in [0.05, 0.1) is 0 Å². The number of carbonyl (C=O) groups excluding carboxylic acids is 2. The Morgan fingerprint density at radius 1 is 1.24 bits per heavy atom. The minimum absolute atomic E-state index is 0.0134. The summed E-state index contributed by atoms with van der Waals surface area (Å²) in [4.78, 5) is 26.7. The zero-order valence-corrected chi connectivity index (χ0v) is 13.0. The van der Waals surface area contributed by atoms with Gasteiger partial charge in [0, 0.05) is 25.0 Å². The molecule has 0 N–H and O–H groups in total. The fourth-order valence-electron chi connectivity index (χ4n) is 3.41. The molecule has 0 aromatic carbocycles. The number of likely N-dealkylation sites (tertiary alicyclic amines) is 1. The first-order valence-corrected chi connectivity index (χ1v) is 7.80. The highest BCUT2D eigenvalue weighted by Gasteiger charge is 2.58. The molecule has 1 fully saturated rings. The molecule has 1 saturated heterocycles. The fraction of sp³-hybridized carbons (Fsp3) is 0.750. The van der Waals surface area contributed by atoms with E-state index in [0.717, 1.165) is 43.4 Å². The van der Waals surface area contributed by atoms with Gasteiger partial charge in [-0.1, -0.05) is 0 Å². The summed E-state index contributed by atoms with van der Waals surface area (Å²) in [7, 11) is 0. The summed E-state index contributed by atoms with van der Waals surface area (Å²) in [5, 5.41) is 0. The molecule has 2 aliphatic heterocycles. The summed E-state index contributed by atoms with van der Waals surface area (Å²) in [6.45, 7) is 6.00. The van der Waals surface area contributed by atoms with E-state index in [1.165, 1.54) is 4.90 Å². The van der Waals surface area contributed by atoms with Crippen molar-refractivity contribution < 1.29 is 19.1 Å². The average molecular weight is 293 g/mol. The Hall–Kier alpha value is -1.52. The predicted molar refractivity (Wildman–Crippen MR) is 76.5 cm³/mol. The van der Waals surface area contributed by atoms with Gasteiger partial charge in [-0.3, -0.25) is 9.69 Å². The molecule has 0 aromatic rings. The first kappa shape index (κ1) is 14.4. The summed E-state index contributed by atoms with van der Waals surface area (Å²) in [5.74, 6) is 0.794. The summed E-state index contributed by atoms with van der Waals surface area (Å²) in [6.07, 6.45) is 4.55. The van der Waals surface area contributed by atoms with Gasteiger partial charge in [0.1, 0.15) is 11.4 Å². The molecule has 5 nitrogen and oxygen atoms in total. The normalized spacial score (nSPS) is 28.9. The van der Waals surface area contributed by atoms with Crippen LogP contribution in [0, 0.1) is 0 Å². The van der Waals surface area contributed by atoms with Crippen LogP contribution in [0.15, 0.2) is 11.3 Å². The van der Waals surface area contributed by atoms with Crippen LogP contribution in [0.4, 0.5) is 4.79 Å². The van der Waals surface area contributed by atoms with Crippen molar-refractivity contribution in [3.05, 3.63) is 11.3 Å². The van der Waals surface area contributed by atoms with Gasteiger partial charge in [0.2, 0.25) is 5.78 Å². The number of allylic oxidation sites excluding steroid dienone is 1. The molecule has 21 heavy (non-hydrogen) atoms. The van der Waals surface area contributed by atoms with Crippen LogP contribution in [0.5, 0.6) is 0 Å². The summed E-state index contributed by atoms with van der Waals surface area (Å²) < 4.78 is 11.5. The van der Waals surface area contributed by atoms with Gasteiger partial charge in [-0.15, -0.1) is 0 Å². The second-order valence-electron chi connectivity index (χ2n) is 7.06. The lowest BCUT2D eigenvalue weighted by molar-refractivity contribution is -0.146. The van der Waals surface area contributed by atoms with Crippen LogP contribution in [-0.4, -0.2) is 34.6 Å². The van der Waals surface area contributed by atoms with E-state index in [1.54, 1.807) is 0 Å². The highest BCUT2D eigenvalue weighted by molar-refractivity contribution is 6.05. The van der Waals surface area contributed by atoms with E-state index < -0.39 is 17.4 Å². The molecule has 0 saturated carbocycles. The molecular formula is C16H23NO4. The van der Waals surface area contributed by atoms with Crippen LogP contribution in [0.25, 0.3) is 0 Å². The van der Waals surface area contributed by atoms with Crippen LogP contribution in [0.3, 0.4) is 0 Å². The first-order valence-electron chi connectivity index (χ1n) is 7.80. The number of rotatable bonds is 0. The maximum atomic E-state index is 12.8. The van der Waals surface area contributed by atoms with Gasteiger partial charge in [0.15, 0.2) is 0 Å². The molecule has 3 rings (SSSR count). The average Bonchev–Trinajstić information content (AvgIpc) is 2.92. The third-order valence-electron chi connectivity index (χ3n) is 4.29. The monoisotopic (exact) mass is 293 g/mol. The van der Waals surface area contributed by atoms with Gasteiger partial charge < -0.3 is 9.47 Å². The van der Waals surface area contributed by atoms with E-state index in [2.05, 4.69) is 0 Å². The van der Waals surface area contributed by atoms with Crippen molar-refractivity contribution in [2.75, 3.05) is 6.54 Å². The number of amides is 1. The molecule has 0 radical (unpaired) electrons. The van der Waals surface area contributed by atoms with E-state index in [9.17, 15) is 9.59 Å². The van der Waals surface area contributed by atoms with Crippen molar-refractivity contribution in [1.29, 1.82) is 0 Å². The number of ether oxygens (including phenoxy) is 2. The number of nitrogens with zero attached hydrogens (tertiary/aromatic N) is 1. The second-order valence-corrected chi connectivity index (χ2v) is 7.06. The molecule has 1 aliphatic carbocycles. The SMILES string of the molecule is CC(C)(C)OC(=O)N1CCC[C@]12OC1=C(CCCC1)C2=O. The molecule has 3 aliphatic rings. The highest BCUT2D eigenvalue weighted by Crippen LogP contribution is 2.46. The van der Waals surface area contributed by atoms with E-state index in [4.69, 9.17) is 9.47 Å². The molecule has 5 heteroatoms. The van der Waals surface area contributed by atoms with E-state index in [1.807, 2.05) is 20.8 Å². The van der Waals surface area contributed by atoms with E-state index >= 15 is 0 Å². The van der Waals surface area contributed by atoms with Gasteiger partial charge in [-0.25, -0.2) is 4.79 Å². The summed E-state index contributed by atoms with van der Waals surface area (Å²) in [5.41, 5.74) is -0.885. The van der Waals surface area contributed by atoms with Gasteiger partial charge in [0.25, 0.3) is 5.72 Å². The minimum atomic E-state index is -1.11. The zero-order valence-electron chi connectivity index (χ0n) is 13.0. The van der Waals surface area contributed by atoms with E-state index in [0.29, 0.717) is 13.0 Å². The quantitative estimate of drug-likeness (QED) is 0.688. The topological polar surface area (TPSA) is 55.8 Å². The largest absolute Gasteiger partial charge is 0.464 e. The molecule has 116 valence electrons. The fourth-order valence-corrected chi connectivity index (χ4v) is 3.41. The lowest BCUT2D eigenvalue weighted by Crippen LogP contribution is -2.53. The number of hydrogen-bond donors (Lipinski definition) is 0. The van der Waals surface area contributed by atoms with Crippen molar-refractivity contribution in [3.63, 3.8) is 0 Å². The molecule has 1 amide bonds. The maximum Gasteiger partial charge on any atom is 0.413 e. The molecular weight excluding hydrogens is 270 g/mol. The lowest BCUT2D eigenvalue weighted by atomic mass is 9.92. The number of Topliss-reactive ketones (excluding diaryl/α,β-unsaturated/α-hetero) is 1. The van der Waals surface area contributed by atoms with Gasteiger partial charge in [-0.05, 0) is 46.5 Å². The molecule has 1 atom stereocenters. The van der Waals surface area contributed by atoms with Crippen molar-refractivity contribution in [1.82, 2.24) is 4.90 Å². The minimum Gasteiger partial charge on any atom is -0.464 e.